The molecule has 6 heteroatoms. The standard InChI is InChI=1S/C12H7Br2ClN2O/c13-8-3-1-2-7(4-8)12(18)17-9-5-10(14)11(15)16-6-9/h1-6H,(H,17,18). The average molecular weight is 390 g/mol. The molecule has 0 saturated heterocycles. The maximum absolute atomic E-state index is 12.0. The first kappa shape index (κ1) is 13.5. The summed E-state index contributed by atoms with van der Waals surface area (Å²) < 4.78 is 1.49. The summed E-state index contributed by atoms with van der Waals surface area (Å²) in [5, 5.41) is 3.10. The Hall–Kier alpha value is -0.910. The van der Waals surface area contributed by atoms with Crippen molar-refractivity contribution in [3.05, 3.63) is 56.2 Å². The van der Waals surface area contributed by atoms with Crippen LogP contribution in [-0.2, 0) is 0 Å². The second-order valence-corrected chi connectivity index (χ2v) is 5.59. The molecule has 0 fully saturated rings. The van der Waals surface area contributed by atoms with Crippen molar-refractivity contribution < 1.29 is 4.79 Å². The predicted octanol–water partition coefficient (Wildman–Crippen LogP) is 4.51. The number of rotatable bonds is 2. The van der Waals surface area contributed by atoms with Gasteiger partial charge in [-0.1, -0.05) is 33.6 Å². The molecule has 0 bridgehead atoms. The lowest BCUT2D eigenvalue weighted by Crippen LogP contribution is -2.11. The summed E-state index contributed by atoms with van der Waals surface area (Å²) >= 11 is 12.3. The maximum Gasteiger partial charge on any atom is 0.255 e. The number of carbonyl (C=O) groups excluding carboxylic acids is 1. The number of aromatic nitrogens is 1. The Bertz CT molecular complexity index is 604. The number of benzene rings is 1. The zero-order chi connectivity index (χ0) is 13.1. The van der Waals surface area contributed by atoms with E-state index >= 15 is 0 Å². The van der Waals surface area contributed by atoms with Crippen LogP contribution >= 0.6 is 43.5 Å². The number of pyridine rings is 1. The number of nitrogens with zero attached hydrogens (tertiary/aromatic N) is 1. The molecule has 0 spiro atoms. The molecule has 3 nitrogen and oxygen atoms in total. The van der Waals surface area contributed by atoms with E-state index in [2.05, 4.69) is 42.2 Å². The molecule has 1 amide bonds. The van der Waals surface area contributed by atoms with Crippen LogP contribution in [0, 0.1) is 0 Å². The lowest BCUT2D eigenvalue weighted by atomic mass is 10.2. The fourth-order valence-electron chi connectivity index (χ4n) is 1.32. The summed E-state index contributed by atoms with van der Waals surface area (Å²) in [4.78, 5) is 15.9. The highest BCUT2D eigenvalue weighted by molar-refractivity contribution is 9.10. The number of hydrogen-bond acceptors (Lipinski definition) is 2. The van der Waals surface area contributed by atoms with Crippen molar-refractivity contribution >= 4 is 55.1 Å². The van der Waals surface area contributed by atoms with Gasteiger partial charge in [-0.25, -0.2) is 4.98 Å². The van der Waals surface area contributed by atoms with Crippen molar-refractivity contribution in [2.75, 3.05) is 5.32 Å². The van der Waals surface area contributed by atoms with Gasteiger partial charge in [-0.15, -0.1) is 0 Å². The van der Waals surface area contributed by atoms with E-state index in [0.717, 1.165) is 4.47 Å². The van der Waals surface area contributed by atoms with E-state index in [1.807, 2.05) is 6.07 Å². The number of carbonyl (C=O) groups is 1. The fourth-order valence-corrected chi connectivity index (χ4v) is 2.17. The number of amides is 1. The first-order valence-electron chi connectivity index (χ1n) is 4.94. The normalized spacial score (nSPS) is 10.2. The van der Waals surface area contributed by atoms with Gasteiger partial charge in [-0.05, 0) is 40.2 Å². The molecule has 0 saturated carbocycles. The quantitative estimate of drug-likeness (QED) is 0.767. The topological polar surface area (TPSA) is 42.0 Å². The molecule has 1 N–H and O–H groups in total. The Morgan fingerprint density at radius 1 is 1.28 bits per heavy atom. The molecule has 0 unspecified atom stereocenters. The minimum Gasteiger partial charge on any atom is -0.321 e. The Labute approximate surface area is 126 Å². The van der Waals surface area contributed by atoms with Crippen molar-refractivity contribution in [2.45, 2.75) is 0 Å². The summed E-state index contributed by atoms with van der Waals surface area (Å²) in [5.41, 5.74) is 1.15. The molecule has 1 heterocycles. The summed E-state index contributed by atoms with van der Waals surface area (Å²) in [6.07, 6.45) is 1.50. The highest BCUT2D eigenvalue weighted by Crippen LogP contribution is 2.23. The Morgan fingerprint density at radius 2 is 2.06 bits per heavy atom. The van der Waals surface area contributed by atoms with E-state index in [1.165, 1.54) is 6.20 Å². The zero-order valence-electron chi connectivity index (χ0n) is 8.95. The third kappa shape index (κ3) is 3.31. The summed E-state index contributed by atoms with van der Waals surface area (Å²) in [6.45, 7) is 0. The lowest BCUT2D eigenvalue weighted by Gasteiger charge is -2.06. The van der Waals surface area contributed by atoms with Crippen LogP contribution in [0.25, 0.3) is 0 Å². The smallest absolute Gasteiger partial charge is 0.255 e. The zero-order valence-corrected chi connectivity index (χ0v) is 12.9. The number of anilines is 1. The highest BCUT2D eigenvalue weighted by atomic mass is 79.9. The van der Waals surface area contributed by atoms with Gasteiger partial charge >= 0.3 is 0 Å². The molecule has 1 aromatic carbocycles. The molecule has 92 valence electrons. The Morgan fingerprint density at radius 3 is 2.72 bits per heavy atom. The lowest BCUT2D eigenvalue weighted by molar-refractivity contribution is 0.102. The monoisotopic (exact) mass is 388 g/mol. The average Bonchev–Trinajstić information content (AvgIpc) is 2.34. The SMILES string of the molecule is O=C(Nc1cnc(Cl)c(Br)c1)c1cccc(Br)c1. The second-order valence-electron chi connectivity index (χ2n) is 3.46. The van der Waals surface area contributed by atoms with Crippen LogP contribution < -0.4 is 5.32 Å². The van der Waals surface area contributed by atoms with E-state index < -0.39 is 0 Å². The molecule has 0 aliphatic rings. The third-order valence-corrected chi connectivity index (χ3v) is 3.77. The largest absolute Gasteiger partial charge is 0.321 e. The third-order valence-electron chi connectivity index (χ3n) is 2.14. The summed E-state index contributed by atoms with van der Waals surface area (Å²) in [5.74, 6) is -0.202. The Kier molecular flexibility index (Phi) is 4.37. The van der Waals surface area contributed by atoms with Crippen LogP contribution in [0.15, 0.2) is 45.5 Å². The van der Waals surface area contributed by atoms with Gasteiger partial charge < -0.3 is 5.32 Å². The van der Waals surface area contributed by atoms with E-state index in [0.29, 0.717) is 20.9 Å². The van der Waals surface area contributed by atoms with Gasteiger partial charge in [0, 0.05) is 10.0 Å². The molecule has 2 rings (SSSR count). The summed E-state index contributed by atoms with van der Waals surface area (Å²) in [7, 11) is 0. The van der Waals surface area contributed by atoms with E-state index in [9.17, 15) is 4.79 Å². The van der Waals surface area contributed by atoms with Gasteiger partial charge in [-0.3, -0.25) is 4.79 Å². The van der Waals surface area contributed by atoms with Crippen molar-refractivity contribution in [1.29, 1.82) is 0 Å². The van der Waals surface area contributed by atoms with Crippen molar-refractivity contribution in [3.8, 4) is 0 Å². The molecule has 18 heavy (non-hydrogen) atoms. The van der Waals surface area contributed by atoms with Gasteiger partial charge in [0.15, 0.2) is 0 Å². The second kappa shape index (κ2) is 5.82. The molecule has 1 aromatic heterocycles. The molecule has 0 aliphatic heterocycles. The van der Waals surface area contributed by atoms with E-state index in [1.54, 1.807) is 24.3 Å². The number of halogens is 3. The number of nitrogens with one attached hydrogen (secondary N) is 1. The molecule has 0 aliphatic carbocycles. The van der Waals surface area contributed by atoms with E-state index in [4.69, 9.17) is 11.6 Å². The van der Waals surface area contributed by atoms with Crippen molar-refractivity contribution in [1.82, 2.24) is 4.98 Å². The van der Waals surface area contributed by atoms with Crippen LogP contribution in [0.3, 0.4) is 0 Å². The van der Waals surface area contributed by atoms with Crippen LogP contribution in [-0.4, -0.2) is 10.9 Å². The molecular formula is C12H7Br2ClN2O. The van der Waals surface area contributed by atoms with Gasteiger partial charge in [0.2, 0.25) is 0 Å². The van der Waals surface area contributed by atoms with Gasteiger partial charge in [0.05, 0.1) is 16.4 Å². The van der Waals surface area contributed by atoms with Gasteiger partial charge in [0.1, 0.15) is 5.15 Å². The van der Waals surface area contributed by atoms with Gasteiger partial charge in [-0.2, -0.15) is 0 Å². The van der Waals surface area contributed by atoms with Crippen LogP contribution in [0.2, 0.25) is 5.15 Å². The van der Waals surface area contributed by atoms with Crippen LogP contribution in [0.5, 0.6) is 0 Å². The van der Waals surface area contributed by atoms with Gasteiger partial charge in [0.25, 0.3) is 5.91 Å². The number of hydrogen-bond donors (Lipinski definition) is 1. The highest BCUT2D eigenvalue weighted by Gasteiger charge is 2.07. The predicted molar refractivity (Wildman–Crippen MR) is 79.0 cm³/mol. The van der Waals surface area contributed by atoms with Crippen molar-refractivity contribution in [3.63, 3.8) is 0 Å². The fraction of sp³-hybridized carbons (Fsp3) is 0. The summed E-state index contributed by atoms with van der Waals surface area (Å²) in [6, 6.07) is 8.84. The maximum atomic E-state index is 12.0. The minimum atomic E-state index is -0.202. The first-order valence-corrected chi connectivity index (χ1v) is 6.90. The van der Waals surface area contributed by atoms with Crippen molar-refractivity contribution in [2.24, 2.45) is 0 Å². The van der Waals surface area contributed by atoms with Crippen LogP contribution in [0.1, 0.15) is 10.4 Å². The molecule has 0 atom stereocenters. The Balaban J connectivity index is 2.18. The molecule has 2 aromatic rings. The minimum absolute atomic E-state index is 0.202. The van der Waals surface area contributed by atoms with E-state index in [-0.39, 0.29) is 5.91 Å². The molecule has 0 radical (unpaired) electrons. The van der Waals surface area contributed by atoms with Crippen LogP contribution in [0.4, 0.5) is 5.69 Å². The molecular weight excluding hydrogens is 383 g/mol. The first-order chi connectivity index (χ1) is 8.56.